The number of benzene rings is 1. The van der Waals surface area contributed by atoms with E-state index >= 15 is 0 Å². The Morgan fingerprint density at radius 2 is 2.06 bits per heavy atom. The Labute approximate surface area is 109 Å². The van der Waals surface area contributed by atoms with Gasteiger partial charge in [-0.25, -0.2) is 4.79 Å². The largest absolute Gasteiger partial charge is 0.461 e. The van der Waals surface area contributed by atoms with Crippen LogP contribution >= 0.6 is 0 Å². The molecule has 0 aliphatic heterocycles. The fourth-order valence-electron chi connectivity index (χ4n) is 1.69. The Kier molecular flexibility index (Phi) is 6.22. The van der Waals surface area contributed by atoms with Crippen molar-refractivity contribution in [2.24, 2.45) is 0 Å². The zero-order valence-electron chi connectivity index (χ0n) is 11.1. The second-order valence-electron chi connectivity index (χ2n) is 4.40. The highest BCUT2D eigenvalue weighted by molar-refractivity contribution is 5.89. The summed E-state index contributed by atoms with van der Waals surface area (Å²) in [5.41, 5.74) is 6.72. The van der Waals surface area contributed by atoms with E-state index in [9.17, 15) is 4.79 Å². The SMILES string of the molecule is CCC[C@@H](C)NCCOC(=O)c1ccc(N)cc1. The molecule has 0 fully saturated rings. The fraction of sp³-hybridized carbons (Fsp3) is 0.500. The molecule has 0 aliphatic rings. The summed E-state index contributed by atoms with van der Waals surface area (Å²) in [6.07, 6.45) is 2.28. The predicted octanol–water partition coefficient (Wildman–Crippen LogP) is 2.20. The number of nitrogens with one attached hydrogen (secondary N) is 1. The first-order valence-electron chi connectivity index (χ1n) is 6.39. The molecule has 4 heteroatoms. The first kappa shape index (κ1) is 14.5. The molecule has 18 heavy (non-hydrogen) atoms. The van der Waals surface area contributed by atoms with Crippen molar-refractivity contribution in [1.29, 1.82) is 0 Å². The van der Waals surface area contributed by atoms with Gasteiger partial charge in [-0.15, -0.1) is 0 Å². The smallest absolute Gasteiger partial charge is 0.338 e. The maximum absolute atomic E-state index is 11.6. The van der Waals surface area contributed by atoms with Gasteiger partial charge in [-0.3, -0.25) is 0 Å². The number of carbonyl (C=O) groups is 1. The molecule has 1 aromatic carbocycles. The van der Waals surface area contributed by atoms with E-state index < -0.39 is 0 Å². The highest BCUT2D eigenvalue weighted by Crippen LogP contribution is 2.06. The third-order valence-corrected chi connectivity index (χ3v) is 2.70. The van der Waals surface area contributed by atoms with Crippen molar-refractivity contribution in [3.05, 3.63) is 29.8 Å². The van der Waals surface area contributed by atoms with Gasteiger partial charge in [0.15, 0.2) is 0 Å². The van der Waals surface area contributed by atoms with Gasteiger partial charge in [-0.1, -0.05) is 13.3 Å². The zero-order chi connectivity index (χ0) is 13.4. The molecule has 4 nitrogen and oxygen atoms in total. The normalized spacial score (nSPS) is 12.1. The molecule has 1 rings (SSSR count). The van der Waals surface area contributed by atoms with Crippen LogP contribution < -0.4 is 11.1 Å². The average Bonchev–Trinajstić information content (AvgIpc) is 2.35. The van der Waals surface area contributed by atoms with Gasteiger partial charge in [-0.2, -0.15) is 0 Å². The second kappa shape index (κ2) is 7.71. The summed E-state index contributed by atoms with van der Waals surface area (Å²) < 4.78 is 5.15. The summed E-state index contributed by atoms with van der Waals surface area (Å²) in [7, 11) is 0. The van der Waals surface area contributed by atoms with Crippen LogP contribution in [0.3, 0.4) is 0 Å². The van der Waals surface area contributed by atoms with Gasteiger partial charge in [0.1, 0.15) is 6.61 Å². The van der Waals surface area contributed by atoms with Crippen molar-refractivity contribution >= 4 is 11.7 Å². The third kappa shape index (κ3) is 5.19. The van der Waals surface area contributed by atoms with Crippen molar-refractivity contribution in [1.82, 2.24) is 5.32 Å². The minimum absolute atomic E-state index is 0.306. The third-order valence-electron chi connectivity index (χ3n) is 2.70. The Bertz CT molecular complexity index is 363. The summed E-state index contributed by atoms with van der Waals surface area (Å²) in [5.74, 6) is -0.306. The fourth-order valence-corrected chi connectivity index (χ4v) is 1.69. The minimum atomic E-state index is -0.306. The maximum Gasteiger partial charge on any atom is 0.338 e. The molecular weight excluding hydrogens is 228 g/mol. The first-order valence-corrected chi connectivity index (χ1v) is 6.39. The number of carbonyl (C=O) groups excluding carboxylic acids is 1. The van der Waals surface area contributed by atoms with Crippen LogP contribution in [0.25, 0.3) is 0 Å². The highest BCUT2D eigenvalue weighted by atomic mass is 16.5. The molecule has 0 radical (unpaired) electrons. The summed E-state index contributed by atoms with van der Waals surface area (Å²) in [6.45, 7) is 5.35. The van der Waals surface area contributed by atoms with E-state index in [4.69, 9.17) is 10.5 Å². The zero-order valence-corrected chi connectivity index (χ0v) is 11.1. The van der Waals surface area contributed by atoms with Gasteiger partial charge in [0, 0.05) is 18.3 Å². The van der Waals surface area contributed by atoms with Crippen molar-refractivity contribution in [3.63, 3.8) is 0 Å². The number of esters is 1. The number of nitrogen functional groups attached to an aromatic ring is 1. The van der Waals surface area contributed by atoms with Crippen LogP contribution in [0.5, 0.6) is 0 Å². The molecule has 3 N–H and O–H groups in total. The molecule has 0 bridgehead atoms. The van der Waals surface area contributed by atoms with Gasteiger partial charge in [0.05, 0.1) is 5.56 Å². The van der Waals surface area contributed by atoms with Crippen LogP contribution in [-0.4, -0.2) is 25.2 Å². The number of anilines is 1. The lowest BCUT2D eigenvalue weighted by molar-refractivity contribution is 0.0506. The van der Waals surface area contributed by atoms with Crippen LogP contribution in [0, 0.1) is 0 Å². The number of nitrogens with two attached hydrogens (primary N) is 1. The van der Waals surface area contributed by atoms with E-state index in [1.165, 1.54) is 0 Å². The van der Waals surface area contributed by atoms with E-state index in [-0.39, 0.29) is 5.97 Å². The van der Waals surface area contributed by atoms with E-state index in [1.807, 2.05) is 0 Å². The van der Waals surface area contributed by atoms with Crippen molar-refractivity contribution in [3.8, 4) is 0 Å². The van der Waals surface area contributed by atoms with Crippen LogP contribution in [-0.2, 0) is 4.74 Å². The molecule has 0 aromatic heterocycles. The van der Waals surface area contributed by atoms with Crippen molar-refractivity contribution in [2.45, 2.75) is 32.7 Å². The van der Waals surface area contributed by atoms with Crippen LogP contribution in [0.1, 0.15) is 37.0 Å². The van der Waals surface area contributed by atoms with Gasteiger partial charge < -0.3 is 15.8 Å². The summed E-state index contributed by atoms with van der Waals surface area (Å²) in [6, 6.07) is 7.19. The first-order chi connectivity index (χ1) is 8.63. The minimum Gasteiger partial charge on any atom is -0.461 e. The van der Waals surface area contributed by atoms with Gasteiger partial charge in [0.2, 0.25) is 0 Å². The Hall–Kier alpha value is -1.55. The lowest BCUT2D eigenvalue weighted by Gasteiger charge is -2.12. The molecule has 1 aromatic rings. The summed E-state index contributed by atoms with van der Waals surface area (Å²) >= 11 is 0. The molecule has 0 heterocycles. The van der Waals surface area contributed by atoms with E-state index in [0.29, 0.717) is 30.4 Å². The van der Waals surface area contributed by atoms with Crippen molar-refractivity contribution in [2.75, 3.05) is 18.9 Å². The molecule has 100 valence electrons. The molecule has 0 unspecified atom stereocenters. The summed E-state index contributed by atoms with van der Waals surface area (Å²) in [5, 5.41) is 3.30. The molecule has 0 spiro atoms. The number of hydrogen-bond donors (Lipinski definition) is 2. The molecule has 0 saturated carbocycles. The van der Waals surface area contributed by atoms with Gasteiger partial charge in [0.25, 0.3) is 0 Å². The average molecular weight is 250 g/mol. The monoisotopic (exact) mass is 250 g/mol. The van der Waals surface area contributed by atoms with Gasteiger partial charge >= 0.3 is 5.97 Å². The highest BCUT2D eigenvalue weighted by Gasteiger charge is 2.06. The maximum atomic E-state index is 11.6. The van der Waals surface area contributed by atoms with E-state index in [2.05, 4.69) is 19.2 Å². The Morgan fingerprint density at radius 1 is 1.39 bits per heavy atom. The molecular formula is C14H22N2O2. The number of rotatable bonds is 7. The molecule has 0 amide bonds. The predicted molar refractivity (Wildman–Crippen MR) is 73.5 cm³/mol. The standard InChI is InChI=1S/C14H22N2O2/c1-3-4-11(2)16-9-10-18-14(17)12-5-7-13(15)8-6-12/h5-8,11,16H,3-4,9-10,15H2,1-2H3/t11-/m1/s1. The van der Waals surface area contributed by atoms with Crippen LogP contribution in [0.2, 0.25) is 0 Å². The quantitative estimate of drug-likeness (QED) is 0.442. The molecule has 1 atom stereocenters. The topological polar surface area (TPSA) is 64.3 Å². The van der Waals surface area contributed by atoms with Gasteiger partial charge in [-0.05, 0) is 37.6 Å². The second-order valence-corrected chi connectivity index (χ2v) is 4.40. The number of hydrogen-bond acceptors (Lipinski definition) is 4. The Balaban J connectivity index is 2.23. The summed E-state index contributed by atoms with van der Waals surface area (Å²) in [4.78, 5) is 11.6. The van der Waals surface area contributed by atoms with Crippen LogP contribution in [0.4, 0.5) is 5.69 Å². The van der Waals surface area contributed by atoms with Crippen LogP contribution in [0.15, 0.2) is 24.3 Å². The molecule has 0 aliphatic carbocycles. The Morgan fingerprint density at radius 3 is 2.67 bits per heavy atom. The van der Waals surface area contributed by atoms with Crippen molar-refractivity contribution < 1.29 is 9.53 Å². The van der Waals surface area contributed by atoms with E-state index in [1.54, 1.807) is 24.3 Å². The lowest BCUT2D eigenvalue weighted by atomic mass is 10.2. The van der Waals surface area contributed by atoms with E-state index in [0.717, 1.165) is 12.8 Å². The lowest BCUT2D eigenvalue weighted by Crippen LogP contribution is -2.29. The molecule has 0 saturated heterocycles. The number of ether oxygens (including phenoxy) is 1.